The Morgan fingerprint density at radius 3 is 2.62 bits per heavy atom. The minimum atomic E-state index is 0.450. The smallest absolute Gasteiger partial charge is 0.147 e. The molecule has 1 aliphatic carbocycles. The zero-order chi connectivity index (χ0) is 9.42. The van der Waals surface area contributed by atoms with Crippen molar-refractivity contribution < 1.29 is 0 Å². The summed E-state index contributed by atoms with van der Waals surface area (Å²) in [5, 5.41) is 8.21. The molecule has 0 N–H and O–H groups in total. The first-order chi connectivity index (χ1) is 6.22. The highest BCUT2D eigenvalue weighted by molar-refractivity contribution is 6.16. The van der Waals surface area contributed by atoms with Crippen LogP contribution in [0.2, 0.25) is 0 Å². The largest absolute Gasteiger partial charge is 0.317 e. The zero-order valence-electron chi connectivity index (χ0n) is 8.00. The number of halogens is 1. The third-order valence-corrected chi connectivity index (χ3v) is 3.10. The van der Waals surface area contributed by atoms with Crippen molar-refractivity contribution in [3.63, 3.8) is 0 Å². The number of hydrogen-bond donors (Lipinski definition) is 0. The van der Waals surface area contributed by atoms with Crippen molar-refractivity contribution in [1.29, 1.82) is 0 Å². The molecular weight excluding hydrogens is 186 g/mol. The summed E-state index contributed by atoms with van der Waals surface area (Å²) in [5.41, 5.74) is 0. The van der Waals surface area contributed by atoms with E-state index < -0.39 is 0 Å². The summed E-state index contributed by atoms with van der Waals surface area (Å²) >= 11 is 5.72. The first kappa shape index (κ1) is 9.00. The van der Waals surface area contributed by atoms with Crippen molar-refractivity contribution in [1.82, 2.24) is 14.8 Å². The van der Waals surface area contributed by atoms with Crippen molar-refractivity contribution in [2.24, 2.45) is 13.0 Å². The SMILES string of the molecule is CC1CC(c2nnc(CCl)n2C)C1. The fraction of sp³-hybridized carbons (Fsp3) is 0.778. The summed E-state index contributed by atoms with van der Waals surface area (Å²) in [5.74, 6) is 3.89. The zero-order valence-corrected chi connectivity index (χ0v) is 8.75. The molecule has 1 aliphatic rings. The van der Waals surface area contributed by atoms with Crippen LogP contribution in [0.1, 0.15) is 37.3 Å². The number of alkyl halides is 1. The highest BCUT2D eigenvalue weighted by atomic mass is 35.5. The molecule has 0 aromatic carbocycles. The fourth-order valence-electron chi connectivity index (χ4n) is 1.96. The van der Waals surface area contributed by atoms with Gasteiger partial charge >= 0.3 is 0 Å². The standard InChI is InChI=1S/C9H14ClN3/c1-6-3-7(4-6)9-12-11-8(5-10)13(9)2/h6-7H,3-5H2,1-2H3. The first-order valence-corrected chi connectivity index (χ1v) is 5.20. The van der Waals surface area contributed by atoms with Crippen LogP contribution in [0.3, 0.4) is 0 Å². The minimum absolute atomic E-state index is 0.450. The van der Waals surface area contributed by atoms with Crippen LogP contribution >= 0.6 is 11.6 Å². The summed E-state index contributed by atoms with van der Waals surface area (Å²) in [7, 11) is 2.00. The van der Waals surface area contributed by atoms with E-state index in [2.05, 4.69) is 17.1 Å². The van der Waals surface area contributed by atoms with Gasteiger partial charge < -0.3 is 4.57 Å². The molecule has 0 aliphatic heterocycles. The molecule has 1 saturated carbocycles. The Hall–Kier alpha value is -0.570. The van der Waals surface area contributed by atoms with Crippen molar-refractivity contribution in [2.45, 2.75) is 31.6 Å². The third-order valence-electron chi connectivity index (χ3n) is 2.86. The Morgan fingerprint density at radius 1 is 1.46 bits per heavy atom. The van der Waals surface area contributed by atoms with Gasteiger partial charge in [-0.2, -0.15) is 0 Å². The van der Waals surface area contributed by atoms with Gasteiger partial charge in [0.2, 0.25) is 0 Å². The molecule has 1 aromatic heterocycles. The third kappa shape index (κ3) is 1.46. The van der Waals surface area contributed by atoms with E-state index in [0.717, 1.165) is 17.6 Å². The predicted octanol–water partition coefficient (Wildman–Crippen LogP) is 2.07. The van der Waals surface area contributed by atoms with Gasteiger partial charge in [-0.05, 0) is 18.8 Å². The molecule has 0 saturated heterocycles. The molecule has 0 amide bonds. The molecule has 1 fully saturated rings. The average molecular weight is 200 g/mol. The van der Waals surface area contributed by atoms with Gasteiger partial charge in [-0.15, -0.1) is 21.8 Å². The summed E-state index contributed by atoms with van der Waals surface area (Å²) in [6.07, 6.45) is 2.49. The van der Waals surface area contributed by atoms with Gasteiger partial charge in [0, 0.05) is 13.0 Å². The molecule has 1 aromatic rings. The normalized spacial score (nSPS) is 27.3. The van der Waals surface area contributed by atoms with Crippen molar-refractivity contribution in [3.8, 4) is 0 Å². The molecule has 0 spiro atoms. The monoisotopic (exact) mass is 199 g/mol. The van der Waals surface area contributed by atoms with Crippen LogP contribution in [-0.4, -0.2) is 14.8 Å². The Morgan fingerprint density at radius 2 is 2.15 bits per heavy atom. The van der Waals surface area contributed by atoms with Crippen LogP contribution in [0, 0.1) is 5.92 Å². The molecule has 72 valence electrons. The molecule has 13 heavy (non-hydrogen) atoms. The second kappa shape index (κ2) is 3.29. The van der Waals surface area contributed by atoms with E-state index >= 15 is 0 Å². The average Bonchev–Trinajstić information content (AvgIpc) is 2.41. The minimum Gasteiger partial charge on any atom is -0.317 e. The van der Waals surface area contributed by atoms with Crippen molar-refractivity contribution in [2.75, 3.05) is 0 Å². The lowest BCUT2D eigenvalue weighted by Crippen LogP contribution is -2.22. The molecule has 0 bridgehead atoms. The number of rotatable bonds is 2. The predicted molar refractivity (Wildman–Crippen MR) is 51.7 cm³/mol. The second-order valence-electron chi connectivity index (χ2n) is 3.94. The Kier molecular flexibility index (Phi) is 2.28. The van der Waals surface area contributed by atoms with Gasteiger partial charge in [-0.25, -0.2) is 0 Å². The van der Waals surface area contributed by atoms with E-state index in [1.165, 1.54) is 12.8 Å². The Balaban J connectivity index is 2.17. The lowest BCUT2D eigenvalue weighted by atomic mass is 9.76. The lowest BCUT2D eigenvalue weighted by Gasteiger charge is -2.31. The van der Waals surface area contributed by atoms with Gasteiger partial charge in [0.05, 0.1) is 5.88 Å². The maximum Gasteiger partial charge on any atom is 0.147 e. The molecule has 4 heteroatoms. The van der Waals surface area contributed by atoms with E-state index in [0.29, 0.717) is 11.8 Å². The van der Waals surface area contributed by atoms with Crippen LogP contribution in [0.15, 0.2) is 0 Å². The van der Waals surface area contributed by atoms with E-state index in [4.69, 9.17) is 11.6 Å². The molecule has 2 rings (SSSR count). The van der Waals surface area contributed by atoms with E-state index in [-0.39, 0.29) is 0 Å². The number of hydrogen-bond acceptors (Lipinski definition) is 2. The summed E-state index contributed by atoms with van der Waals surface area (Å²) in [6, 6.07) is 0. The van der Waals surface area contributed by atoms with Crippen LogP contribution in [0.5, 0.6) is 0 Å². The molecule has 0 atom stereocenters. The van der Waals surface area contributed by atoms with E-state index in [1.54, 1.807) is 0 Å². The van der Waals surface area contributed by atoms with Crippen molar-refractivity contribution >= 4 is 11.6 Å². The Labute approximate surface area is 83.1 Å². The highest BCUT2D eigenvalue weighted by Crippen LogP contribution is 2.40. The van der Waals surface area contributed by atoms with Crippen LogP contribution in [0.25, 0.3) is 0 Å². The molecule has 3 nitrogen and oxygen atoms in total. The topological polar surface area (TPSA) is 30.7 Å². The first-order valence-electron chi connectivity index (χ1n) is 4.66. The summed E-state index contributed by atoms with van der Waals surface area (Å²) < 4.78 is 2.03. The second-order valence-corrected chi connectivity index (χ2v) is 4.21. The quantitative estimate of drug-likeness (QED) is 0.683. The Bertz CT molecular complexity index is 302. The van der Waals surface area contributed by atoms with E-state index in [1.807, 2.05) is 11.6 Å². The number of nitrogens with zero attached hydrogens (tertiary/aromatic N) is 3. The van der Waals surface area contributed by atoms with Gasteiger partial charge in [-0.3, -0.25) is 0 Å². The molecule has 0 unspecified atom stereocenters. The van der Waals surface area contributed by atoms with Crippen molar-refractivity contribution in [3.05, 3.63) is 11.6 Å². The molecule has 0 radical (unpaired) electrons. The van der Waals surface area contributed by atoms with Crippen LogP contribution < -0.4 is 0 Å². The van der Waals surface area contributed by atoms with Crippen LogP contribution in [0.4, 0.5) is 0 Å². The fourth-order valence-corrected chi connectivity index (χ4v) is 2.19. The molecule has 1 heterocycles. The van der Waals surface area contributed by atoms with Gasteiger partial charge in [-0.1, -0.05) is 6.92 Å². The lowest BCUT2D eigenvalue weighted by molar-refractivity contribution is 0.273. The molecular formula is C9H14ClN3. The van der Waals surface area contributed by atoms with Gasteiger partial charge in [0.15, 0.2) is 0 Å². The van der Waals surface area contributed by atoms with Gasteiger partial charge in [0.1, 0.15) is 11.6 Å². The van der Waals surface area contributed by atoms with Gasteiger partial charge in [0.25, 0.3) is 0 Å². The summed E-state index contributed by atoms with van der Waals surface area (Å²) in [4.78, 5) is 0. The highest BCUT2D eigenvalue weighted by Gasteiger charge is 2.30. The maximum absolute atomic E-state index is 5.72. The maximum atomic E-state index is 5.72. The number of aromatic nitrogens is 3. The van der Waals surface area contributed by atoms with E-state index in [9.17, 15) is 0 Å². The van der Waals surface area contributed by atoms with Crippen LogP contribution in [-0.2, 0) is 12.9 Å². The summed E-state index contributed by atoms with van der Waals surface area (Å²) in [6.45, 7) is 2.27.